The molecule has 2 aromatic heterocycles. The van der Waals surface area contributed by atoms with Gasteiger partial charge in [-0.25, -0.2) is 20.5 Å². The quantitative estimate of drug-likeness (QED) is 0.216. The molecule has 1 saturated carbocycles. The van der Waals surface area contributed by atoms with Crippen LogP contribution >= 0.6 is 11.8 Å². The number of hydrogen-bond acceptors (Lipinski definition) is 7. The third-order valence-corrected chi connectivity index (χ3v) is 4.03. The number of carbonyl (C=O) groups excluding carboxylic acids is 2. The first-order valence-electron chi connectivity index (χ1n) is 6.97. The molecule has 2 heterocycles. The zero-order chi connectivity index (χ0) is 16.2. The number of nitrogens with two attached hydrogens (primary N) is 1. The van der Waals surface area contributed by atoms with Crippen molar-refractivity contribution in [1.29, 1.82) is 0 Å². The van der Waals surface area contributed by atoms with E-state index in [4.69, 9.17) is 5.84 Å². The maximum absolute atomic E-state index is 11.9. The summed E-state index contributed by atoms with van der Waals surface area (Å²) in [5.74, 6) is 5.21. The molecule has 23 heavy (non-hydrogen) atoms. The first kappa shape index (κ1) is 15.4. The zero-order valence-electron chi connectivity index (χ0n) is 12.1. The molecule has 3 rings (SSSR count). The van der Waals surface area contributed by atoms with E-state index >= 15 is 0 Å². The predicted molar refractivity (Wildman–Crippen MR) is 82.7 cm³/mol. The van der Waals surface area contributed by atoms with Crippen LogP contribution in [0.5, 0.6) is 0 Å². The van der Waals surface area contributed by atoms with Crippen LogP contribution in [0.25, 0.3) is 5.82 Å². The Kier molecular flexibility index (Phi) is 4.53. The molecule has 0 spiro atoms. The van der Waals surface area contributed by atoms with E-state index in [2.05, 4.69) is 25.8 Å². The van der Waals surface area contributed by atoms with Crippen molar-refractivity contribution in [1.82, 2.24) is 30.5 Å². The van der Waals surface area contributed by atoms with E-state index in [1.807, 2.05) is 0 Å². The Balaban J connectivity index is 1.70. The van der Waals surface area contributed by atoms with Gasteiger partial charge in [-0.2, -0.15) is 5.10 Å². The van der Waals surface area contributed by atoms with Gasteiger partial charge < -0.3 is 5.32 Å². The highest BCUT2D eigenvalue weighted by Crippen LogP contribution is 2.19. The van der Waals surface area contributed by atoms with Crippen molar-refractivity contribution in [2.75, 3.05) is 5.75 Å². The molecule has 0 radical (unpaired) electrons. The van der Waals surface area contributed by atoms with Crippen molar-refractivity contribution in [2.24, 2.45) is 5.84 Å². The van der Waals surface area contributed by atoms with Crippen LogP contribution < -0.4 is 16.6 Å². The van der Waals surface area contributed by atoms with Crippen molar-refractivity contribution >= 4 is 23.6 Å². The van der Waals surface area contributed by atoms with Gasteiger partial charge in [0.1, 0.15) is 11.4 Å². The van der Waals surface area contributed by atoms with Crippen LogP contribution in [0, 0.1) is 0 Å². The number of nitrogens with one attached hydrogen (secondary N) is 2. The normalized spacial score (nSPS) is 13.6. The maximum Gasteiger partial charge on any atom is 0.272 e. The van der Waals surface area contributed by atoms with E-state index in [1.165, 1.54) is 22.8 Å². The second-order valence-corrected chi connectivity index (χ2v) is 5.96. The number of hydrogen-bond donors (Lipinski definition) is 3. The van der Waals surface area contributed by atoms with E-state index < -0.39 is 0 Å². The fraction of sp³-hybridized carbons (Fsp3) is 0.308. The summed E-state index contributed by atoms with van der Waals surface area (Å²) in [6.07, 6.45) is 5.08. The summed E-state index contributed by atoms with van der Waals surface area (Å²) in [5.41, 5.74) is 2.39. The lowest BCUT2D eigenvalue weighted by atomic mass is 10.4. The van der Waals surface area contributed by atoms with Crippen LogP contribution in [-0.4, -0.2) is 43.4 Å². The first-order chi connectivity index (χ1) is 11.2. The molecule has 0 unspecified atom stereocenters. The minimum absolute atomic E-state index is 0.154. The summed E-state index contributed by atoms with van der Waals surface area (Å²) in [5, 5.41) is 7.71. The average molecular weight is 333 g/mol. The Labute approximate surface area is 136 Å². The molecule has 1 fully saturated rings. The van der Waals surface area contributed by atoms with Crippen LogP contribution in [0.2, 0.25) is 0 Å². The minimum atomic E-state index is -0.298. The third kappa shape index (κ3) is 4.05. The molecule has 0 bridgehead atoms. The van der Waals surface area contributed by atoms with Crippen molar-refractivity contribution in [3.63, 3.8) is 0 Å². The summed E-state index contributed by atoms with van der Waals surface area (Å²) in [6.45, 7) is 0. The largest absolute Gasteiger partial charge is 0.348 e. The van der Waals surface area contributed by atoms with E-state index in [9.17, 15) is 9.59 Å². The zero-order valence-corrected chi connectivity index (χ0v) is 12.9. The molecule has 1 aliphatic carbocycles. The number of aromatic nitrogens is 4. The van der Waals surface area contributed by atoms with Gasteiger partial charge in [0.2, 0.25) is 5.91 Å². The van der Waals surface area contributed by atoms with Gasteiger partial charge in [-0.3, -0.25) is 15.0 Å². The van der Waals surface area contributed by atoms with Crippen LogP contribution in [0.15, 0.2) is 29.7 Å². The highest BCUT2D eigenvalue weighted by atomic mass is 32.2. The lowest BCUT2D eigenvalue weighted by Crippen LogP contribution is -2.31. The lowest BCUT2D eigenvalue weighted by molar-refractivity contribution is -0.118. The monoisotopic (exact) mass is 333 g/mol. The highest BCUT2D eigenvalue weighted by molar-refractivity contribution is 7.99. The number of nitrogens with zero attached hydrogens (tertiary/aromatic N) is 4. The molecule has 9 nitrogen and oxygen atoms in total. The van der Waals surface area contributed by atoms with Crippen molar-refractivity contribution in [3.05, 3.63) is 30.4 Å². The molecule has 10 heteroatoms. The van der Waals surface area contributed by atoms with Gasteiger partial charge in [0.15, 0.2) is 11.5 Å². The molecule has 2 amide bonds. The van der Waals surface area contributed by atoms with E-state index in [0.29, 0.717) is 16.5 Å². The summed E-state index contributed by atoms with van der Waals surface area (Å²) >= 11 is 1.23. The number of rotatable bonds is 6. The average Bonchev–Trinajstić information content (AvgIpc) is 3.24. The van der Waals surface area contributed by atoms with Crippen LogP contribution in [0.4, 0.5) is 0 Å². The van der Waals surface area contributed by atoms with Gasteiger partial charge >= 0.3 is 0 Å². The molecule has 0 atom stereocenters. The van der Waals surface area contributed by atoms with Crippen LogP contribution in [-0.2, 0) is 4.79 Å². The summed E-state index contributed by atoms with van der Waals surface area (Å²) < 4.78 is 1.50. The molecular weight excluding hydrogens is 318 g/mol. The SMILES string of the molecule is NNC(=O)CSc1cc(-n2ccc(C(=O)NC3CC3)n2)ncn1. The minimum Gasteiger partial charge on any atom is -0.348 e. The third-order valence-electron chi connectivity index (χ3n) is 3.11. The molecule has 2 aromatic rings. The highest BCUT2D eigenvalue weighted by Gasteiger charge is 2.24. The summed E-state index contributed by atoms with van der Waals surface area (Å²) in [7, 11) is 0. The molecule has 4 N–H and O–H groups in total. The van der Waals surface area contributed by atoms with Gasteiger partial charge in [0.25, 0.3) is 5.91 Å². The van der Waals surface area contributed by atoms with Crippen LogP contribution in [0.3, 0.4) is 0 Å². The van der Waals surface area contributed by atoms with E-state index in [1.54, 1.807) is 18.3 Å². The second-order valence-electron chi connectivity index (χ2n) is 4.96. The standard InChI is InChI=1S/C13H15N7O2S/c14-18-11(21)6-23-12-5-10(15-7-16-12)20-4-3-9(19-20)13(22)17-8-1-2-8/h3-5,7-8H,1-2,6,14H2,(H,17,22)(H,18,21). The van der Waals surface area contributed by atoms with Gasteiger partial charge in [-0.05, 0) is 18.9 Å². The number of amides is 2. The molecule has 1 aliphatic rings. The van der Waals surface area contributed by atoms with Gasteiger partial charge in [-0.15, -0.1) is 0 Å². The van der Waals surface area contributed by atoms with Crippen LogP contribution in [0.1, 0.15) is 23.3 Å². The molecule has 0 saturated heterocycles. The molecule has 120 valence electrons. The fourth-order valence-electron chi connectivity index (χ4n) is 1.77. The number of thioether (sulfide) groups is 1. The second kappa shape index (κ2) is 6.75. The van der Waals surface area contributed by atoms with Crippen molar-refractivity contribution in [2.45, 2.75) is 23.9 Å². The molecular formula is C13H15N7O2S. The van der Waals surface area contributed by atoms with Gasteiger partial charge in [0, 0.05) is 18.3 Å². The fourth-order valence-corrected chi connectivity index (χ4v) is 2.45. The first-order valence-corrected chi connectivity index (χ1v) is 7.95. The Bertz CT molecular complexity index is 729. The van der Waals surface area contributed by atoms with E-state index in [0.717, 1.165) is 12.8 Å². The molecule has 0 aliphatic heterocycles. The number of hydrazine groups is 1. The Morgan fingerprint density at radius 1 is 1.39 bits per heavy atom. The molecule has 0 aromatic carbocycles. The number of carbonyl (C=O) groups is 2. The topological polar surface area (TPSA) is 128 Å². The summed E-state index contributed by atoms with van der Waals surface area (Å²) in [6, 6.07) is 3.60. The van der Waals surface area contributed by atoms with E-state index in [-0.39, 0.29) is 23.6 Å². The van der Waals surface area contributed by atoms with Crippen molar-refractivity contribution in [3.8, 4) is 5.82 Å². The Hall–Kier alpha value is -2.46. The maximum atomic E-state index is 11.9. The summed E-state index contributed by atoms with van der Waals surface area (Å²) in [4.78, 5) is 31.3. The Morgan fingerprint density at radius 3 is 2.96 bits per heavy atom. The lowest BCUT2D eigenvalue weighted by Gasteiger charge is -2.03. The van der Waals surface area contributed by atoms with Gasteiger partial charge in [-0.1, -0.05) is 11.8 Å². The van der Waals surface area contributed by atoms with Crippen molar-refractivity contribution < 1.29 is 9.59 Å². The Morgan fingerprint density at radius 2 is 2.22 bits per heavy atom. The van der Waals surface area contributed by atoms with Gasteiger partial charge in [0.05, 0.1) is 5.75 Å². The predicted octanol–water partition coefficient (Wildman–Crippen LogP) is -0.364. The smallest absolute Gasteiger partial charge is 0.272 e.